The number of pyridine rings is 1. The fraction of sp³-hybridized carbons (Fsp3) is 0.312. The first-order valence-electron chi connectivity index (χ1n) is 6.50. The highest BCUT2D eigenvalue weighted by atomic mass is 79.9. The molecule has 1 atom stereocenters. The molecule has 0 radical (unpaired) electrons. The average Bonchev–Trinajstić information content (AvgIpc) is 2.40. The van der Waals surface area contributed by atoms with Gasteiger partial charge < -0.3 is 5.32 Å². The molecule has 0 aliphatic carbocycles. The van der Waals surface area contributed by atoms with Gasteiger partial charge in [0.05, 0.1) is 0 Å². The first-order valence-corrected chi connectivity index (χ1v) is 7.30. The van der Waals surface area contributed by atoms with E-state index in [0.717, 1.165) is 23.0 Å². The summed E-state index contributed by atoms with van der Waals surface area (Å²) in [6, 6.07) is 13.2. The molecule has 1 N–H and O–H groups in total. The van der Waals surface area contributed by atoms with Gasteiger partial charge in [0.1, 0.15) is 0 Å². The highest BCUT2D eigenvalue weighted by Crippen LogP contribution is 2.12. The maximum Gasteiger partial charge on any atom is 0.0420 e. The van der Waals surface area contributed by atoms with Crippen molar-refractivity contribution >= 4 is 15.9 Å². The van der Waals surface area contributed by atoms with Crippen LogP contribution in [0.25, 0.3) is 0 Å². The van der Waals surface area contributed by atoms with Crippen LogP contribution in [0, 0.1) is 6.92 Å². The number of nitrogens with zero attached hydrogens (tertiary/aromatic N) is 1. The zero-order chi connectivity index (χ0) is 13.7. The van der Waals surface area contributed by atoms with Crippen LogP contribution in [0.5, 0.6) is 0 Å². The third-order valence-electron chi connectivity index (χ3n) is 3.22. The lowest BCUT2D eigenvalue weighted by Crippen LogP contribution is -2.30. The lowest BCUT2D eigenvalue weighted by Gasteiger charge is -2.16. The largest absolute Gasteiger partial charge is 0.316 e. The summed E-state index contributed by atoms with van der Waals surface area (Å²) in [4.78, 5) is 4.44. The molecule has 0 aliphatic heterocycles. The first kappa shape index (κ1) is 14.2. The number of aryl methyl sites for hydroxylation is 1. The van der Waals surface area contributed by atoms with Crippen LogP contribution in [0.2, 0.25) is 0 Å². The Morgan fingerprint density at radius 2 is 2.05 bits per heavy atom. The Morgan fingerprint density at radius 3 is 2.68 bits per heavy atom. The molecule has 0 fully saturated rings. The molecule has 0 saturated heterocycles. The van der Waals surface area contributed by atoms with Gasteiger partial charge in [-0.15, -0.1) is 0 Å². The summed E-state index contributed by atoms with van der Waals surface area (Å²) in [5.41, 5.74) is 3.81. The van der Waals surface area contributed by atoms with Crippen molar-refractivity contribution < 1.29 is 0 Å². The molecule has 0 bridgehead atoms. The van der Waals surface area contributed by atoms with Crippen molar-refractivity contribution in [2.75, 3.05) is 7.05 Å². The van der Waals surface area contributed by atoms with Crippen LogP contribution >= 0.6 is 15.9 Å². The van der Waals surface area contributed by atoms with E-state index in [4.69, 9.17) is 0 Å². The Bertz CT molecular complexity index is 523. The summed E-state index contributed by atoms with van der Waals surface area (Å²) in [5, 5.41) is 3.38. The van der Waals surface area contributed by atoms with E-state index in [1.165, 1.54) is 11.1 Å². The predicted molar refractivity (Wildman–Crippen MR) is 83.4 cm³/mol. The van der Waals surface area contributed by atoms with E-state index in [1.807, 2.05) is 19.3 Å². The normalized spacial score (nSPS) is 12.4. The number of nitrogens with one attached hydrogen (secondary N) is 1. The number of likely N-dealkylation sites (N-methyl/N-ethyl adjacent to an activating group) is 1. The van der Waals surface area contributed by atoms with E-state index >= 15 is 0 Å². The van der Waals surface area contributed by atoms with Gasteiger partial charge in [-0.05, 0) is 54.0 Å². The molecule has 1 aromatic carbocycles. The Labute approximate surface area is 123 Å². The molecule has 100 valence electrons. The van der Waals surface area contributed by atoms with Crippen molar-refractivity contribution in [1.82, 2.24) is 10.3 Å². The lowest BCUT2D eigenvalue weighted by molar-refractivity contribution is 0.550. The van der Waals surface area contributed by atoms with Gasteiger partial charge in [-0.2, -0.15) is 0 Å². The summed E-state index contributed by atoms with van der Waals surface area (Å²) in [6.07, 6.45) is 3.82. The highest BCUT2D eigenvalue weighted by molar-refractivity contribution is 9.10. The molecule has 1 unspecified atom stereocenters. The standard InChI is InChI=1S/C16H19BrN2/c1-12-4-3-5-13(8-12)9-16(18-2)10-15-7-6-14(17)11-19-15/h3-8,11,16,18H,9-10H2,1-2H3. The van der Waals surface area contributed by atoms with Gasteiger partial charge in [0.25, 0.3) is 0 Å². The van der Waals surface area contributed by atoms with Crippen LogP contribution in [0.15, 0.2) is 47.1 Å². The third-order valence-corrected chi connectivity index (χ3v) is 3.69. The summed E-state index contributed by atoms with van der Waals surface area (Å²) in [7, 11) is 2.01. The Hall–Kier alpha value is -1.19. The van der Waals surface area contributed by atoms with E-state index in [1.54, 1.807) is 0 Å². The number of aromatic nitrogens is 1. The van der Waals surface area contributed by atoms with Crippen LogP contribution in [0.3, 0.4) is 0 Å². The molecule has 1 aromatic heterocycles. The molecule has 1 heterocycles. The summed E-state index contributed by atoms with van der Waals surface area (Å²) in [5.74, 6) is 0. The van der Waals surface area contributed by atoms with Crippen LogP contribution in [0.1, 0.15) is 16.8 Å². The fourth-order valence-corrected chi connectivity index (χ4v) is 2.41. The number of hydrogen-bond donors (Lipinski definition) is 1. The minimum absolute atomic E-state index is 0.412. The van der Waals surface area contributed by atoms with Gasteiger partial charge in [0.15, 0.2) is 0 Å². The van der Waals surface area contributed by atoms with Crippen LogP contribution in [-0.4, -0.2) is 18.1 Å². The van der Waals surface area contributed by atoms with Crippen molar-refractivity contribution in [3.05, 3.63) is 63.9 Å². The van der Waals surface area contributed by atoms with E-state index in [-0.39, 0.29) is 0 Å². The molecule has 0 saturated carbocycles. The lowest BCUT2D eigenvalue weighted by atomic mass is 10.0. The first-order chi connectivity index (χ1) is 9.17. The van der Waals surface area contributed by atoms with Crippen molar-refractivity contribution in [2.24, 2.45) is 0 Å². The fourth-order valence-electron chi connectivity index (χ4n) is 2.18. The van der Waals surface area contributed by atoms with Gasteiger partial charge in [-0.25, -0.2) is 0 Å². The van der Waals surface area contributed by atoms with Crippen LogP contribution in [-0.2, 0) is 12.8 Å². The van der Waals surface area contributed by atoms with E-state index < -0.39 is 0 Å². The molecule has 2 rings (SSSR count). The van der Waals surface area contributed by atoms with Gasteiger partial charge in [-0.3, -0.25) is 4.98 Å². The molecule has 0 spiro atoms. The third kappa shape index (κ3) is 4.44. The van der Waals surface area contributed by atoms with Gasteiger partial charge in [0, 0.05) is 28.8 Å². The second kappa shape index (κ2) is 6.83. The second-order valence-corrected chi connectivity index (χ2v) is 5.77. The number of benzene rings is 1. The molecule has 0 aliphatic rings. The Kier molecular flexibility index (Phi) is 5.11. The highest BCUT2D eigenvalue weighted by Gasteiger charge is 2.09. The minimum atomic E-state index is 0.412. The summed E-state index contributed by atoms with van der Waals surface area (Å²) < 4.78 is 1.02. The SMILES string of the molecule is CNC(Cc1cccc(C)c1)Cc1ccc(Br)cn1. The molecule has 3 heteroatoms. The van der Waals surface area contributed by atoms with E-state index in [2.05, 4.69) is 63.5 Å². The molecular formula is C16H19BrN2. The Balaban J connectivity index is 2.02. The smallest absolute Gasteiger partial charge is 0.0420 e. The monoisotopic (exact) mass is 318 g/mol. The van der Waals surface area contributed by atoms with Crippen LogP contribution < -0.4 is 5.32 Å². The topological polar surface area (TPSA) is 24.9 Å². The van der Waals surface area contributed by atoms with Gasteiger partial charge >= 0.3 is 0 Å². The van der Waals surface area contributed by atoms with Crippen molar-refractivity contribution in [1.29, 1.82) is 0 Å². The minimum Gasteiger partial charge on any atom is -0.316 e. The number of hydrogen-bond acceptors (Lipinski definition) is 2. The summed E-state index contributed by atoms with van der Waals surface area (Å²) in [6.45, 7) is 2.13. The van der Waals surface area contributed by atoms with Gasteiger partial charge in [-0.1, -0.05) is 29.8 Å². The molecule has 2 nitrogen and oxygen atoms in total. The molecule has 0 amide bonds. The number of halogens is 1. The van der Waals surface area contributed by atoms with Crippen molar-refractivity contribution in [2.45, 2.75) is 25.8 Å². The zero-order valence-electron chi connectivity index (χ0n) is 11.4. The molecule has 2 aromatic rings. The van der Waals surface area contributed by atoms with Crippen LogP contribution in [0.4, 0.5) is 0 Å². The van der Waals surface area contributed by atoms with Crippen molar-refractivity contribution in [3.8, 4) is 0 Å². The average molecular weight is 319 g/mol. The number of rotatable bonds is 5. The maximum atomic E-state index is 4.44. The summed E-state index contributed by atoms with van der Waals surface area (Å²) >= 11 is 3.41. The van der Waals surface area contributed by atoms with E-state index in [9.17, 15) is 0 Å². The quantitative estimate of drug-likeness (QED) is 0.912. The predicted octanol–water partition coefficient (Wildman–Crippen LogP) is 3.53. The van der Waals surface area contributed by atoms with Gasteiger partial charge in [0.2, 0.25) is 0 Å². The molecular weight excluding hydrogens is 300 g/mol. The van der Waals surface area contributed by atoms with Crippen molar-refractivity contribution in [3.63, 3.8) is 0 Å². The second-order valence-electron chi connectivity index (χ2n) is 4.85. The van der Waals surface area contributed by atoms with E-state index in [0.29, 0.717) is 6.04 Å². The Morgan fingerprint density at radius 1 is 1.21 bits per heavy atom. The zero-order valence-corrected chi connectivity index (χ0v) is 12.9. The maximum absolute atomic E-state index is 4.44. The molecule has 19 heavy (non-hydrogen) atoms.